The molecule has 10 heteroatoms. The van der Waals surface area contributed by atoms with Gasteiger partial charge < -0.3 is 0 Å². The highest BCUT2D eigenvalue weighted by Gasteiger charge is 2.27. The van der Waals surface area contributed by atoms with Gasteiger partial charge in [0.1, 0.15) is 4.90 Å². The third kappa shape index (κ3) is 4.41. The third-order valence-electron chi connectivity index (χ3n) is 3.58. The van der Waals surface area contributed by atoms with E-state index in [0.29, 0.717) is 0 Å². The molecule has 1 heterocycles. The van der Waals surface area contributed by atoms with Crippen LogP contribution < -0.4 is 5.43 Å². The van der Waals surface area contributed by atoms with Gasteiger partial charge in [-0.3, -0.25) is 20.5 Å². The highest BCUT2D eigenvalue weighted by molar-refractivity contribution is 7.89. The van der Waals surface area contributed by atoms with Crippen LogP contribution in [0.4, 0.5) is 11.4 Å². The van der Waals surface area contributed by atoms with Crippen LogP contribution in [0.15, 0.2) is 52.7 Å². The molecule has 138 valence electrons. The maximum absolute atomic E-state index is 12.8. The molecule has 2 rings (SSSR count). The number of hydrogen-bond acceptors (Lipinski definition) is 7. The Morgan fingerprint density at radius 3 is 2.62 bits per heavy atom. The third-order valence-corrected chi connectivity index (χ3v) is 5.67. The van der Waals surface area contributed by atoms with Crippen molar-refractivity contribution in [2.45, 2.75) is 18.7 Å². The monoisotopic (exact) mass is 377 g/mol. The molecule has 0 atom stereocenters. The summed E-state index contributed by atoms with van der Waals surface area (Å²) < 4.78 is 26.9. The van der Waals surface area contributed by atoms with Gasteiger partial charge in [-0.2, -0.15) is 9.41 Å². The topological polar surface area (TPSA) is 118 Å². The van der Waals surface area contributed by atoms with Gasteiger partial charge in [-0.05, 0) is 12.1 Å². The highest BCUT2D eigenvalue weighted by Crippen LogP contribution is 2.29. The summed E-state index contributed by atoms with van der Waals surface area (Å²) in [5, 5.41) is 15.0. The second-order valence-corrected chi connectivity index (χ2v) is 7.09. The van der Waals surface area contributed by atoms with Crippen LogP contribution in [0.25, 0.3) is 0 Å². The zero-order chi connectivity index (χ0) is 19.2. The predicted molar refractivity (Wildman–Crippen MR) is 98.7 cm³/mol. The molecule has 0 saturated heterocycles. The predicted octanol–water partition coefficient (Wildman–Crippen LogP) is 2.47. The fourth-order valence-corrected chi connectivity index (χ4v) is 3.88. The number of benzene rings is 1. The van der Waals surface area contributed by atoms with Crippen LogP contribution in [0.3, 0.4) is 0 Å². The van der Waals surface area contributed by atoms with E-state index in [1.54, 1.807) is 38.4 Å². The lowest BCUT2D eigenvalue weighted by atomic mass is 10.3. The number of anilines is 1. The van der Waals surface area contributed by atoms with Gasteiger partial charge in [-0.15, -0.1) is 0 Å². The van der Waals surface area contributed by atoms with Crippen LogP contribution in [0, 0.1) is 10.1 Å². The number of nitrogens with one attached hydrogen (secondary N) is 1. The Morgan fingerprint density at radius 2 is 2.04 bits per heavy atom. The van der Waals surface area contributed by atoms with Crippen molar-refractivity contribution in [3.63, 3.8) is 0 Å². The van der Waals surface area contributed by atoms with Gasteiger partial charge >= 0.3 is 0 Å². The Morgan fingerprint density at radius 1 is 1.31 bits per heavy atom. The van der Waals surface area contributed by atoms with Crippen molar-refractivity contribution >= 4 is 27.6 Å². The van der Waals surface area contributed by atoms with E-state index >= 15 is 0 Å². The minimum absolute atomic E-state index is 0.155. The Bertz CT molecular complexity index is 896. The van der Waals surface area contributed by atoms with Crippen molar-refractivity contribution in [1.82, 2.24) is 9.29 Å². The Balaban J connectivity index is 2.42. The number of pyridine rings is 1. The molecular formula is C16H19N5O4S. The van der Waals surface area contributed by atoms with E-state index in [-0.39, 0.29) is 29.4 Å². The summed E-state index contributed by atoms with van der Waals surface area (Å²) in [4.78, 5) is 14.2. The van der Waals surface area contributed by atoms with Gasteiger partial charge in [0.15, 0.2) is 0 Å². The van der Waals surface area contributed by atoms with Crippen molar-refractivity contribution in [2.24, 2.45) is 5.10 Å². The number of aromatic nitrogens is 1. The molecule has 0 aliphatic heterocycles. The molecule has 1 aromatic heterocycles. The number of nitro groups is 1. The maximum Gasteiger partial charge on any atom is 0.270 e. The molecule has 0 spiro atoms. The molecule has 0 aliphatic rings. The molecule has 0 aliphatic carbocycles. The van der Waals surface area contributed by atoms with Crippen molar-refractivity contribution in [2.75, 3.05) is 18.5 Å². The molecule has 0 saturated carbocycles. The average molecular weight is 377 g/mol. The van der Waals surface area contributed by atoms with E-state index in [1.165, 1.54) is 22.7 Å². The lowest BCUT2D eigenvalue weighted by molar-refractivity contribution is -0.385. The molecule has 0 unspecified atom stereocenters. The molecule has 26 heavy (non-hydrogen) atoms. The van der Waals surface area contributed by atoms with E-state index in [9.17, 15) is 18.5 Å². The zero-order valence-corrected chi connectivity index (χ0v) is 15.2. The smallest absolute Gasteiger partial charge is 0.270 e. The van der Waals surface area contributed by atoms with Gasteiger partial charge in [-0.25, -0.2) is 8.42 Å². The summed E-state index contributed by atoms with van der Waals surface area (Å²) in [7, 11) is -3.90. The lowest BCUT2D eigenvalue weighted by Crippen LogP contribution is -2.31. The Hall–Kier alpha value is -2.85. The van der Waals surface area contributed by atoms with Gasteiger partial charge in [0.2, 0.25) is 10.0 Å². The summed E-state index contributed by atoms with van der Waals surface area (Å²) in [5.41, 5.74) is 3.22. The molecule has 0 radical (unpaired) electrons. The van der Waals surface area contributed by atoms with Crippen LogP contribution in [-0.2, 0) is 10.0 Å². The zero-order valence-electron chi connectivity index (χ0n) is 14.4. The summed E-state index contributed by atoms with van der Waals surface area (Å²) in [6.07, 6.45) is 4.69. The lowest BCUT2D eigenvalue weighted by Gasteiger charge is -2.20. The molecule has 0 amide bonds. The van der Waals surface area contributed by atoms with E-state index in [2.05, 4.69) is 15.5 Å². The van der Waals surface area contributed by atoms with Crippen LogP contribution in [-0.4, -0.2) is 41.9 Å². The van der Waals surface area contributed by atoms with E-state index in [1.807, 2.05) is 0 Å². The number of non-ortho nitro benzene ring substituents is 1. The summed E-state index contributed by atoms with van der Waals surface area (Å²) >= 11 is 0. The number of hydrazone groups is 1. The normalized spacial score (nSPS) is 11.8. The van der Waals surface area contributed by atoms with Gasteiger partial charge in [0.25, 0.3) is 5.69 Å². The van der Waals surface area contributed by atoms with E-state index < -0.39 is 14.9 Å². The largest absolute Gasteiger partial charge is 0.277 e. The number of sulfonamides is 1. The second-order valence-electron chi connectivity index (χ2n) is 5.18. The first-order valence-electron chi connectivity index (χ1n) is 7.87. The molecule has 1 N–H and O–H groups in total. The van der Waals surface area contributed by atoms with Crippen LogP contribution in [0.2, 0.25) is 0 Å². The van der Waals surface area contributed by atoms with Gasteiger partial charge in [-0.1, -0.05) is 19.9 Å². The first-order chi connectivity index (χ1) is 12.4. The molecule has 0 fully saturated rings. The number of rotatable bonds is 8. The second kappa shape index (κ2) is 8.50. The van der Waals surface area contributed by atoms with Crippen LogP contribution >= 0.6 is 0 Å². The first kappa shape index (κ1) is 19.5. The van der Waals surface area contributed by atoms with Crippen LogP contribution in [0.1, 0.15) is 19.4 Å². The van der Waals surface area contributed by atoms with Crippen molar-refractivity contribution in [3.05, 3.63) is 58.4 Å². The SMILES string of the molecule is CCN(CC)S(=O)(=O)c1cc([N+](=O)[O-])ccc1N/N=C/c1cccnc1. The Kier molecular flexibility index (Phi) is 6.36. The van der Waals surface area contributed by atoms with E-state index in [4.69, 9.17) is 0 Å². The average Bonchev–Trinajstić information content (AvgIpc) is 2.63. The minimum Gasteiger partial charge on any atom is -0.277 e. The maximum atomic E-state index is 12.8. The van der Waals surface area contributed by atoms with Gasteiger partial charge in [0, 0.05) is 43.2 Å². The van der Waals surface area contributed by atoms with Crippen molar-refractivity contribution < 1.29 is 13.3 Å². The molecule has 1 aromatic carbocycles. The standard InChI is InChI=1S/C16H19N5O4S/c1-3-20(4-2)26(24,25)16-10-14(21(22)23)7-8-15(16)19-18-12-13-6-5-9-17-11-13/h5-12,19H,3-4H2,1-2H3/b18-12+. The molecule has 9 nitrogen and oxygen atoms in total. The molecular weight excluding hydrogens is 358 g/mol. The molecule has 2 aromatic rings. The highest BCUT2D eigenvalue weighted by atomic mass is 32.2. The fourth-order valence-electron chi connectivity index (χ4n) is 2.26. The van der Waals surface area contributed by atoms with Crippen LogP contribution in [0.5, 0.6) is 0 Å². The quantitative estimate of drug-likeness (QED) is 0.429. The number of nitrogens with zero attached hydrogens (tertiary/aromatic N) is 4. The fraction of sp³-hybridized carbons (Fsp3) is 0.250. The van der Waals surface area contributed by atoms with Crippen molar-refractivity contribution in [3.8, 4) is 0 Å². The van der Waals surface area contributed by atoms with E-state index in [0.717, 1.165) is 11.6 Å². The number of nitro benzene ring substituents is 1. The number of hydrogen-bond donors (Lipinski definition) is 1. The Labute approximate surface area is 151 Å². The molecule has 0 bridgehead atoms. The van der Waals surface area contributed by atoms with Crippen molar-refractivity contribution in [1.29, 1.82) is 0 Å². The summed E-state index contributed by atoms with van der Waals surface area (Å²) in [6.45, 7) is 3.90. The summed E-state index contributed by atoms with van der Waals surface area (Å²) in [6, 6.07) is 7.11. The van der Waals surface area contributed by atoms with Gasteiger partial charge in [0.05, 0.1) is 16.8 Å². The first-order valence-corrected chi connectivity index (χ1v) is 9.31. The summed E-state index contributed by atoms with van der Waals surface area (Å²) in [5.74, 6) is 0. The minimum atomic E-state index is -3.90.